The van der Waals surface area contributed by atoms with E-state index in [1.54, 1.807) is 12.3 Å². The van der Waals surface area contributed by atoms with Gasteiger partial charge in [0.2, 0.25) is 0 Å². The number of nitrogen functional groups attached to an aromatic ring is 1. The van der Waals surface area contributed by atoms with Crippen molar-refractivity contribution in [3.63, 3.8) is 0 Å². The fourth-order valence-electron chi connectivity index (χ4n) is 2.78. The summed E-state index contributed by atoms with van der Waals surface area (Å²) in [5.74, 6) is 1.27. The van der Waals surface area contributed by atoms with E-state index in [1.165, 1.54) is 6.39 Å². The van der Waals surface area contributed by atoms with Crippen LogP contribution in [0.1, 0.15) is 5.56 Å². The molecular weight excluding hydrogens is 338 g/mol. The molecule has 0 saturated carbocycles. The summed E-state index contributed by atoms with van der Waals surface area (Å²) in [6, 6.07) is 21.0. The lowest BCUT2D eigenvalue weighted by Gasteiger charge is -2.12. The number of benzene rings is 2. The summed E-state index contributed by atoms with van der Waals surface area (Å²) in [5, 5.41) is 12.7. The van der Waals surface area contributed by atoms with Crippen molar-refractivity contribution >= 4 is 17.2 Å². The minimum absolute atomic E-state index is 0.368. The van der Waals surface area contributed by atoms with Crippen LogP contribution in [-0.2, 0) is 0 Å². The van der Waals surface area contributed by atoms with Crippen LogP contribution in [0, 0.1) is 11.3 Å². The van der Waals surface area contributed by atoms with Crippen molar-refractivity contribution in [2.75, 3.05) is 11.1 Å². The monoisotopic (exact) mass is 353 g/mol. The van der Waals surface area contributed by atoms with Crippen LogP contribution >= 0.6 is 0 Å². The summed E-state index contributed by atoms with van der Waals surface area (Å²) in [6.07, 6.45) is 3.06. The first-order valence-electron chi connectivity index (χ1n) is 8.26. The second kappa shape index (κ2) is 7.02. The van der Waals surface area contributed by atoms with Gasteiger partial charge in [0.15, 0.2) is 12.2 Å². The normalized spacial score (nSPS) is 10.3. The van der Waals surface area contributed by atoms with Gasteiger partial charge < -0.3 is 15.5 Å². The average Bonchev–Trinajstić information content (AvgIpc) is 3.24. The molecular formula is C21H15N5O. The smallest absolute Gasteiger partial charge is 0.181 e. The Labute approximate surface area is 155 Å². The number of hydrogen-bond donors (Lipinski definition) is 2. The van der Waals surface area contributed by atoms with E-state index in [9.17, 15) is 5.26 Å². The highest BCUT2D eigenvalue weighted by molar-refractivity contribution is 5.77. The lowest BCUT2D eigenvalue weighted by Crippen LogP contribution is -2.01. The van der Waals surface area contributed by atoms with Crippen LogP contribution in [0.5, 0.6) is 0 Å². The number of pyridine rings is 1. The zero-order valence-electron chi connectivity index (χ0n) is 14.3. The Morgan fingerprint density at radius 1 is 1.00 bits per heavy atom. The molecule has 0 aliphatic rings. The van der Waals surface area contributed by atoms with Crippen molar-refractivity contribution in [3.05, 3.63) is 78.8 Å². The summed E-state index contributed by atoms with van der Waals surface area (Å²) in [6.45, 7) is 0. The third-order valence-electron chi connectivity index (χ3n) is 4.08. The number of oxazole rings is 1. The zero-order chi connectivity index (χ0) is 18.6. The molecule has 0 radical (unpaired) electrons. The van der Waals surface area contributed by atoms with Gasteiger partial charge in [-0.3, -0.25) is 0 Å². The Morgan fingerprint density at radius 2 is 1.78 bits per heavy atom. The molecule has 0 amide bonds. The number of nitrogens with two attached hydrogens (primary N) is 1. The maximum Gasteiger partial charge on any atom is 0.181 e. The highest BCUT2D eigenvalue weighted by atomic mass is 16.3. The maximum atomic E-state index is 9.46. The number of hydrogen-bond acceptors (Lipinski definition) is 6. The molecule has 0 unspecified atom stereocenters. The van der Waals surface area contributed by atoms with Gasteiger partial charge in [-0.05, 0) is 24.3 Å². The Bertz CT molecular complexity index is 1100. The topological polar surface area (TPSA) is 101 Å². The predicted molar refractivity (Wildman–Crippen MR) is 104 cm³/mol. The van der Waals surface area contributed by atoms with Crippen LogP contribution in [0.15, 0.2) is 77.7 Å². The van der Waals surface area contributed by atoms with Crippen LogP contribution < -0.4 is 11.1 Å². The molecule has 0 saturated heterocycles. The second-order valence-electron chi connectivity index (χ2n) is 5.87. The van der Waals surface area contributed by atoms with Crippen LogP contribution in [-0.4, -0.2) is 9.97 Å². The van der Waals surface area contributed by atoms with Gasteiger partial charge >= 0.3 is 0 Å². The van der Waals surface area contributed by atoms with Gasteiger partial charge in [-0.25, -0.2) is 9.97 Å². The van der Waals surface area contributed by atoms with Crippen molar-refractivity contribution < 1.29 is 4.42 Å². The minimum atomic E-state index is 0.368. The quantitative estimate of drug-likeness (QED) is 0.556. The molecule has 0 aliphatic heterocycles. The standard InChI is InChI=1S/C21H15N5O/c22-11-17-18(23)10-20(26-21(17)15-4-2-1-3-5-15)25-16-8-6-14(7-9-16)19-12-24-13-27-19/h1-10,12-13H,(H3,23,25,26). The van der Waals surface area contributed by atoms with Crippen molar-refractivity contribution in [2.45, 2.75) is 0 Å². The molecule has 4 rings (SSSR count). The highest BCUT2D eigenvalue weighted by Crippen LogP contribution is 2.29. The van der Waals surface area contributed by atoms with E-state index in [4.69, 9.17) is 10.2 Å². The van der Waals surface area contributed by atoms with E-state index in [-0.39, 0.29) is 0 Å². The van der Waals surface area contributed by atoms with Gasteiger partial charge in [0, 0.05) is 22.9 Å². The zero-order valence-corrected chi connectivity index (χ0v) is 14.3. The van der Waals surface area contributed by atoms with E-state index in [1.807, 2.05) is 54.6 Å². The molecule has 0 fully saturated rings. The SMILES string of the molecule is N#Cc1c(N)cc(Nc2ccc(-c3cnco3)cc2)nc1-c1ccccc1. The van der Waals surface area contributed by atoms with Crippen molar-refractivity contribution in [2.24, 2.45) is 0 Å². The van der Waals surface area contributed by atoms with Crippen LogP contribution in [0.4, 0.5) is 17.2 Å². The summed E-state index contributed by atoms with van der Waals surface area (Å²) < 4.78 is 5.29. The van der Waals surface area contributed by atoms with Crippen LogP contribution in [0.2, 0.25) is 0 Å². The molecule has 2 heterocycles. The first-order chi connectivity index (χ1) is 13.2. The molecule has 2 aromatic carbocycles. The molecule has 130 valence electrons. The van der Waals surface area contributed by atoms with E-state index in [2.05, 4.69) is 21.4 Å². The average molecular weight is 353 g/mol. The van der Waals surface area contributed by atoms with Crippen molar-refractivity contribution in [3.8, 4) is 28.7 Å². The molecule has 3 N–H and O–H groups in total. The van der Waals surface area contributed by atoms with Gasteiger partial charge in [0.1, 0.15) is 17.5 Å². The van der Waals surface area contributed by atoms with E-state index in [0.29, 0.717) is 28.5 Å². The largest absolute Gasteiger partial charge is 0.444 e. The summed E-state index contributed by atoms with van der Waals surface area (Å²) >= 11 is 0. The van der Waals surface area contributed by atoms with Crippen LogP contribution in [0.25, 0.3) is 22.6 Å². The van der Waals surface area contributed by atoms with Gasteiger partial charge in [-0.15, -0.1) is 0 Å². The first kappa shape index (κ1) is 16.4. The lowest BCUT2D eigenvalue weighted by molar-refractivity contribution is 0.572. The molecule has 27 heavy (non-hydrogen) atoms. The fourth-order valence-corrected chi connectivity index (χ4v) is 2.78. The summed E-state index contributed by atoms with van der Waals surface area (Å²) in [7, 11) is 0. The summed E-state index contributed by atoms with van der Waals surface area (Å²) in [5.41, 5.74) is 10.0. The van der Waals surface area contributed by atoms with Crippen molar-refractivity contribution in [1.29, 1.82) is 5.26 Å². The van der Waals surface area contributed by atoms with E-state index in [0.717, 1.165) is 16.8 Å². The fraction of sp³-hybridized carbons (Fsp3) is 0. The number of nitriles is 1. The molecule has 0 bridgehead atoms. The molecule has 4 aromatic rings. The van der Waals surface area contributed by atoms with Gasteiger partial charge in [0.25, 0.3) is 0 Å². The second-order valence-corrected chi connectivity index (χ2v) is 5.87. The van der Waals surface area contributed by atoms with E-state index < -0.39 is 0 Å². The van der Waals surface area contributed by atoms with Gasteiger partial charge in [-0.2, -0.15) is 5.26 Å². The van der Waals surface area contributed by atoms with Crippen LogP contribution in [0.3, 0.4) is 0 Å². The van der Waals surface area contributed by atoms with E-state index >= 15 is 0 Å². The highest BCUT2D eigenvalue weighted by Gasteiger charge is 2.13. The minimum Gasteiger partial charge on any atom is -0.444 e. The Balaban J connectivity index is 1.66. The van der Waals surface area contributed by atoms with Gasteiger partial charge in [-0.1, -0.05) is 30.3 Å². The maximum absolute atomic E-state index is 9.46. The molecule has 0 spiro atoms. The summed E-state index contributed by atoms with van der Waals surface area (Å²) in [4.78, 5) is 8.52. The molecule has 6 heteroatoms. The number of anilines is 3. The molecule has 0 atom stereocenters. The predicted octanol–water partition coefficient (Wildman–Crippen LogP) is 4.60. The molecule has 2 aromatic heterocycles. The number of nitrogens with zero attached hydrogens (tertiary/aromatic N) is 3. The Morgan fingerprint density at radius 3 is 2.44 bits per heavy atom. The van der Waals surface area contributed by atoms with Gasteiger partial charge in [0.05, 0.1) is 17.6 Å². The lowest BCUT2D eigenvalue weighted by atomic mass is 10.1. The van der Waals surface area contributed by atoms with Crippen molar-refractivity contribution in [1.82, 2.24) is 9.97 Å². The Hall–Kier alpha value is -4.11. The Kier molecular flexibility index (Phi) is 4.25. The number of nitrogens with one attached hydrogen (secondary N) is 1. The number of aromatic nitrogens is 2. The third kappa shape index (κ3) is 3.34. The third-order valence-corrected chi connectivity index (χ3v) is 4.08. The number of rotatable bonds is 4. The first-order valence-corrected chi connectivity index (χ1v) is 8.26. The molecule has 6 nitrogen and oxygen atoms in total. The molecule has 0 aliphatic carbocycles.